The first-order valence-corrected chi connectivity index (χ1v) is 7.18. The Bertz CT molecular complexity index is 480. The van der Waals surface area contributed by atoms with Crippen LogP contribution in [0.25, 0.3) is 0 Å². The lowest BCUT2D eigenvalue weighted by atomic mass is 10.3. The standard InChI is InChI=1S/C11H14F3NO2S/c1-18(16,17)10-5-3-9(4-6-10)15-8-2-7-11(12,13)14/h3-6,15H,2,7-8H2,1H3. The Morgan fingerprint density at radius 3 is 2.17 bits per heavy atom. The fourth-order valence-corrected chi connectivity index (χ4v) is 1.97. The Morgan fingerprint density at radius 1 is 1.17 bits per heavy atom. The van der Waals surface area contributed by atoms with E-state index in [0.29, 0.717) is 5.69 Å². The fourth-order valence-electron chi connectivity index (χ4n) is 1.34. The molecule has 18 heavy (non-hydrogen) atoms. The zero-order valence-corrected chi connectivity index (χ0v) is 10.6. The highest BCUT2D eigenvalue weighted by atomic mass is 32.2. The summed E-state index contributed by atoms with van der Waals surface area (Å²) >= 11 is 0. The van der Waals surface area contributed by atoms with E-state index >= 15 is 0 Å². The number of nitrogens with one attached hydrogen (secondary N) is 1. The van der Waals surface area contributed by atoms with Crippen molar-refractivity contribution in [3.8, 4) is 0 Å². The number of sulfone groups is 1. The van der Waals surface area contributed by atoms with Crippen molar-refractivity contribution in [2.24, 2.45) is 0 Å². The predicted octanol–water partition coefficient (Wildman–Crippen LogP) is 2.84. The van der Waals surface area contributed by atoms with Crippen LogP contribution in [0.2, 0.25) is 0 Å². The normalized spacial score (nSPS) is 12.4. The molecule has 0 radical (unpaired) electrons. The Morgan fingerprint density at radius 2 is 1.72 bits per heavy atom. The van der Waals surface area contributed by atoms with Gasteiger partial charge in [0.2, 0.25) is 0 Å². The number of alkyl halides is 3. The highest BCUT2D eigenvalue weighted by Crippen LogP contribution is 2.21. The molecule has 7 heteroatoms. The van der Waals surface area contributed by atoms with E-state index < -0.39 is 22.4 Å². The SMILES string of the molecule is CS(=O)(=O)c1ccc(NCCCC(F)(F)F)cc1. The molecular weight excluding hydrogens is 267 g/mol. The molecular formula is C11H14F3NO2S. The van der Waals surface area contributed by atoms with Gasteiger partial charge in [0.1, 0.15) is 0 Å². The topological polar surface area (TPSA) is 46.2 Å². The number of hydrogen-bond acceptors (Lipinski definition) is 3. The van der Waals surface area contributed by atoms with Crippen molar-refractivity contribution in [3.63, 3.8) is 0 Å². The quantitative estimate of drug-likeness (QED) is 0.844. The van der Waals surface area contributed by atoms with Gasteiger partial charge in [-0.2, -0.15) is 13.2 Å². The van der Waals surface area contributed by atoms with E-state index in [-0.39, 0.29) is 17.9 Å². The van der Waals surface area contributed by atoms with Crippen LogP contribution in [-0.4, -0.2) is 27.4 Å². The molecule has 0 aliphatic rings. The van der Waals surface area contributed by atoms with Gasteiger partial charge in [0.25, 0.3) is 0 Å². The zero-order chi connectivity index (χ0) is 13.8. The molecule has 0 aromatic heterocycles. The fraction of sp³-hybridized carbons (Fsp3) is 0.455. The third-order valence-electron chi connectivity index (χ3n) is 2.25. The minimum absolute atomic E-state index is 0.0165. The molecule has 0 aliphatic carbocycles. The molecule has 0 fully saturated rings. The summed E-state index contributed by atoms with van der Waals surface area (Å²) in [5.74, 6) is 0. The van der Waals surface area contributed by atoms with E-state index in [1.165, 1.54) is 24.3 Å². The smallest absolute Gasteiger partial charge is 0.385 e. The lowest BCUT2D eigenvalue weighted by Gasteiger charge is -2.08. The van der Waals surface area contributed by atoms with Crippen LogP contribution in [-0.2, 0) is 9.84 Å². The summed E-state index contributed by atoms with van der Waals surface area (Å²) in [7, 11) is -3.24. The van der Waals surface area contributed by atoms with E-state index in [0.717, 1.165) is 6.26 Å². The maximum Gasteiger partial charge on any atom is 0.389 e. The van der Waals surface area contributed by atoms with Crippen molar-refractivity contribution >= 4 is 15.5 Å². The van der Waals surface area contributed by atoms with Crippen molar-refractivity contribution in [2.45, 2.75) is 23.9 Å². The van der Waals surface area contributed by atoms with Crippen LogP contribution in [0.1, 0.15) is 12.8 Å². The first kappa shape index (κ1) is 14.8. The van der Waals surface area contributed by atoms with Gasteiger partial charge in [-0.05, 0) is 30.7 Å². The van der Waals surface area contributed by atoms with Gasteiger partial charge in [0.05, 0.1) is 4.90 Å². The van der Waals surface area contributed by atoms with E-state index in [9.17, 15) is 21.6 Å². The second-order valence-corrected chi connectivity index (χ2v) is 5.96. The summed E-state index contributed by atoms with van der Waals surface area (Å²) in [6.45, 7) is 0.192. The summed E-state index contributed by atoms with van der Waals surface area (Å²) in [4.78, 5) is 0.184. The molecule has 1 rings (SSSR count). The van der Waals surface area contributed by atoms with Crippen molar-refractivity contribution in [2.75, 3.05) is 18.1 Å². The molecule has 0 saturated carbocycles. The molecule has 0 saturated heterocycles. The maximum absolute atomic E-state index is 11.9. The molecule has 0 amide bonds. The van der Waals surface area contributed by atoms with E-state index in [4.69, 9.17) is 0 Å². The summed E-state index contributed by atoms with van der Waals surface area (Å²) in [5, 5.41) is 2.80. The molecule has 1 aromatic rings. The van der Waals surface area contributed by atoms with Gasteiger partial charge in [-0.25, -0.2) is 8.42 Å². The van der Waals surface area contributed by atoms with Gasteiger partial charge >= 0.3 is 6.18 Å². The zero-order valence-electron chi connectivity index (χ0n) is 9.79. The van der Waals surface area contributed by atoms with Gasteiger partial charge in [-0.3, -0.25) is 0 Å². The molecule has 1 N–H and O–H groups in total. The minimum atomic E-state index is -4.14. The van der Waals surface area contributed by atoms with Crippen molar-refractivity contribution in [3.05, 3.63) is 24.3 Å². The average molecular weight is 281 g/mol. The average Bonchev–Trinajstić information content (AvgIpc) is 2.22. The molecule has 0 aliphatic heterocycles. The van der Waals surface area contributed by atoms with E-state index in [1.54, 1.807) is 0 Å². The molecule has 3 nitrogen and oxygen atoms in total. The van der Waals surface area contributed by atoms with Crippen LogP contribution in [0.3, 0.4) is 0 Å². The third-order valence-corrected chi connectivity index (χ3v) is 3.38. The van der Waals surface area contributed by atoms with E-state index in [1.807, 2.05) is 0 Å². The Kier molecular flexibility index (Phi) is 4.61. The van der Waals surface area contributed by atoms with Gasteiger partial charge < -0.3 is 5.32 Å². The summed E-state index contributed by atoms with van der Waals surface area (Å²) in [6, 6.07) is 5.90. The lowest BCUT2D eigenvalue weighted by molar-refractivity contribution is -0.134. The second-order valence-electron chi connectivity index (χ2n) is 3.94. The molecule has 0 atom stereocenters. The monoisotopic (exact) mass is 281 g/mol. The third kappa shape index (κ3) is 5.39. The first-order chi connectivity index (χ1) is 8.18. The lowest BCUT2D eigenvalue weighted by Crippen LogP contribution is -2.11. The van der Waals surface area contributed by atoms with Crippen LogP contribution >= 0.6 is 0 Å². The van der Waals surface area contributed by atoms with Crippen LogP contribution in [0, 0.1) is 0 Å². The van der Waals surface area contributed by atoms with Crippen LogP contribution in [0.4, 0.5) is 18.9 Å². The van der Waals surface area contributed by atoms with Crippen LogP contribution < -0.4 is 5.32 Å². The van der Waals surface area contributed by atoms with Gasteiger partial charge in [0, 0.05) is 24.9 Å². The summed E-state index contributed by atoms with van der Waals surface area (Å²) in [5.41, 5.74) is 0.601. The van der Waals surface area contributed by atoms with Crippen molar-refractivity contribution < 1.29 is 21.6 Å². The minimum Gasteiger partial charge on any atom is -0.385 e. The molecule has 102 valence electrons. The Balaban J connectivity index is 2.45. The van der Waals surface area contributed by atoms with Gasteiger partial charge in [0.15, 0.2) is 9.84 Å². The van der Waals surface area contributed by atoms with Crippen LogP contribution in [0.5, 0.6) is 0 Å². The van der Waals surface area contributed by atoms with Crippen LogP contribution in [0.15, 0.2) is 29.2 Å². The highest BCUT2D eigenvalue weighted by molar-refractivity contribution is 7.90. The van der Waals surface area contributed by atoms with E-state index in [2.05, 4.69) is 5.32 Å². The number of anilines is 1. The molecule has 0 bridgehead atoms. The summed E-state index contributed by atoms with van der Waals surface area (Å²) < 4.78 is 58.0. The molecule has 0 heterocycles. The molecule has 0 spiro atoms. The van der Waals surface area contributed by atoms with Crippen molar-refractivity contribution in [1.82, 2.24) is 0 Å². The number of benzene rings is 1. The van der Waals surface area contributed by atoms with Gasteiger partial charge in [-0.1, -0.05) is 0 Å². The Labute approximate surface area is 104 Å². The molecule has 1 aromatic carbocycles. The van der Waals surface area contributed by atoms with Crippen molar-refractivity contribution in [1.29, 1.82) is 0 Å². The largest absolute Gasteiger partial charge is 0.389 e. The first-order valence-electron chi connectivity index (χ1n) is 5.29. The highest BCUT2D eigenvalue weighted by Gasteiger charge is 2.25. The molecule has 0 unspecified atom stereocenters. The Hall–Kier alpha value is -1.24. The number of halogens is 3. The second kappa shape index (κ2) is 5.60. The summed E-state index contributed by atoms with van der Waals surface area (Å²) in [6.07, 6.45) is -3.89. The number of rotatable bonds is 5. The maximum atomic E-state index is 11.9. The predicted molar refractivity (Wildman–Crippen MR) is 63.3 cm³/mol. The van der Waals surface area contributed by atoms with Gasteiger partial charge in [-0.15, -0.1) is 0 Å². The number of hydrogen-bond donors (Lipinski definition) is 1.